The van der Waals surface area contributed by atoms with Crippen molar-refractivity contribution in [3.8, 4) is 0 Å². The molecule has 3 rings (SSSR count). The summed E-state index contributed by atoms with van der Waals surface area (Å²) in [7, 11) is 0. The quantitative estimate of drug-likeness (QED) is 0.729. The molecule has 1 N–H and O–H groups in total. The molecule has 0 atom stereocenters. The van der Waals surface area contributed by atoms with Crippen molar-refractivity contribution in [1.82, 2.24) is 5.01 Å². The number of alkyl halides is 3. The van der Waals surface area contributed by atoms with Gasteiger partial charge in [0.25, 0.3) is 5.91 Å². The lowest BCUT2D eigenvalue weighted by Gasteiger charge is -2.20. The van der Waals surface area contributed by atoms with Crippen molar-refractivity contribution >= 4 is 55.7 Å². The Hall–Kier alpha value is -1.94. The summed E-state index contributed by atoms with van der Waals surface area (Å²) in [4.78, 5) is 15.6. The minimum Gasteiger partial charge on any atom is -0.282 e. The molecule has 0 fully saturated rings. The van der Waals surface area contributed by atoms with E-state index in [2.05, 4.69) is 26.0 Å². The van der Waals surface area contributed by atoms with Crippen molar-refractivity contribution in [3.05, 3.63) is 39.9 Å². The number of nitrogens with zero attached hydrogens (tertiary/aromatic N) is 3. The van der Waals surface area contributed by atoms with E-state index in [0.29, 0.717) is 5.56 Å². The highest BCUT2D eigenvalue weighted by Gasteiger charge is 2.46. The number of halogens is 4. The molecule has 2 aliphatic heterocycles. The average molecular weight is 403 g/mol. The SMILES string of the molecule is N=C1C(=Cc2cccc(Br)c2)C(=O)N=C2SC(C(F)(F)F)=NN12. The lowest BCUT2D eigenvalue weighted by Crippen LogP contribution is -2.35. The molecule has 0 spiro atoms. The summed E-state index contributed by atoms with van der Waals surface area (Å²) < 4.78 is 38.9. The van der Waals surface area contributed by atoms with Gasteiger partial charge in [-0.25, -0.2) is 0 Å². The molecule has 0 unspecified atom stereocenters. The number of amidine groups is 2. The Morgan fingerprint density at radius 1 is 1.35 bits per heavy atom. The first-order chi connectivity index (χ1) is 10.8. The molecule has 10 heteroatoms. The highest BCUT2D eigenvalue weighted by Crippen LogP contribution is 2.35. The van der Waals surface area contributed by atoms with Crippen molar-refractivity contribution < 1.29 is 18.0 Å². The standard InChI is InChI=1S/C13H6BrF3N4OS/c14-7-3-1-2-6(4-7)5-8-9(18)21-12(19-10(8)22)23-11(20-21)13(15,16)17/h1-5,18H. The van der Waals surface area contributed by atoms with Gasteiger partial charge in [0, 0.05) is 4.47 Å². The lowest BCUT2D eigenvalue weighted by atomic mass is 10.1. The smallest absolute Gasteiger partial charge is 0.282 e. The molecular weight excluding hydrogens is 397 g/mol. The van der Waals surface area contributed by atoms with Crippen molar-refractivity contribution in [2.75, 3.05) is 0 Å². The van der Waals surface area contributed by atoms with Gasteiger partial charge in [-0.2, -0.15) is 28.3 Å². The molecule has 5 nitrogen and oxygen atoms in total. The summed E-state index contributed by atoms with van der Waals surface area (Å²) in [6, 6.07) is 6.91. The largest absolute Gasteiger partial charge is 0.441 e. The van der Waals surface area contributed by atoms with Crippen LogP contribution in [0.5, 0.6) is 0 Å². The number of carbonyl (C=O) groups excluding carboxylic acids is 1. The number of thioether (sulfide) groups is 1. The molecule has 1 amide bonds. The van der Waals surface area contributed by atoms with Gasteiger partial charge in [-0.15, -0.1) is 0 Å². The number of hydrogen-bond donors (Lipinski definition) is 1. The van der Waals surface area contributed by atoms with E-state index in [4.69, 9.17) is 5.41 Å². The topological polar surface area (TPSA) is 68.9 Å². The first kappa shape index (κ1) is 15.9. The molecule has 0 aliphatic carbocycles. The van der Waals surface area contributed by atoms with Gasteiger partial charge in [-0.1, -0.05) is 28.1 Å². The Morgan fingerprint density at radius 2 is 2.09 bits per heavy atom. The minimum atomic E-state index is -4.65. The Balaban J connectivity index is 1.99. The second-order valence-electron chi connectivity index (χ2n) is 4.48. The van der Waals surface area contributed by atoms with Crippen LogP contribution in [0.1, 0.15) is 5.56 Å². The summed E-state index contributed by atoms with van der Waals surface area (Å²) in [5.41, 5.74) is 0.484. The Morgan fingerprint density at radius 3 is 2.74 bits per heavy atom. The van der Waals surface area contributed by atoms with E-state index in [-0.39, 0.29) is 22.5 Å². The molecule has 118 valence electrons. The second kappa shape index (κ2) is 5.60. The zero-order chi connectivity index (χ0) is 16.8. The van der Waals surface area contributed by atoms with E-state index < -0.39 is 23.0 Å². The van der Waals surface area contributed by atoms with Crippen molar-refractivity contribution in [1.29, 1.82) is 5.41 Å². The van der Waals surface area contributed by atoms with Crippen molar-refractivity contribution in [2.45, 2.75) is 6.18 Å². The van der Waals surface area contributed by atoms with Gasteiger partial charge in [0.2, 0.25) is 10.2 Å². The van der Waals surface area contributed by atoms with Crippen molar-refractivity contribution in [3.63, 3.8) is 0 Å². The maximum absolute atomic E-state index is 12.7. The second-order valence-corrected chi connectivity index (χ2v) is 6.35. The number of aliphatic imine (C=N–C) groups is 1. The van der Waals surface area contributed by atoms with Gasteiger partial charge < -0.3 is 0 Å². The fraction of sp³-hybridized carbons (Fsp3) is 0.0769. The van der Waals surface area contributed by atoms with E-state index in [1.54, 1.807) is 24.3 Å². The molecule has 1 aromatic carbocycles. The maximum Gasteiger partial charge on any atom is 0.441 e. The molecule has 0 aromatic heterocycles. The zero-order valence-electron chi connectivity index (χ0n) is 11.1. The van der Waals surface area contributed by atoms with E-state index in [0.717, 1.165) is 9.48 Å². The van der Waals surface area contributed by atoms with E-state index in [1.807, 2.05) is 0 Å². The first-order valence-corrected chi connectivity index (χ1v) is 7.69. The van der Waals surface area contributed by atoms with Crippen LogP contribution in [0.15, 0.2) is 44.4 Å². The molecular formula is C13H6BrF3N4OS. The molecule has 0 saturated heterocycles. The molecule has 23 heavy (non-hydrogen) atoms. The molecule has 0 saturated carbocycles. The van der Waals surface area contributed by atoms with Crippen LogP contribution >= 0.6 is 27.7 Å². The van der Waals surface area contributed by atoms with Gasteiger partial charge in [0.05, 0.1) is 5.57 Å². The Kier molecular flexibility index (Phi) is 3.88. The predicted octanol–water partition coefficient (Wildman–Crippen LogP) is 3.63. The number of benzene rings is 1. The van der Waals surface area contributed by atoms with Gasteiger partial charge in [-0.05, 0) is 35.5 Å². The first-order valence-electron chi connectivity index (χ1n) is 6.09. The number of hydrazone groups is 1. The maximum atomic E-state index is 12.7. The predicted molar refractivity (Wildman–Crippen MR) is 85.2 cm³/mol. The number of rotatable bonds is 1. The van der Waals surface area contributed by atoms with Crippen LogP contribution in [0.3, 0.4) is 0 Å². The van der Waals surface area contributed by atoms with E-state index in [9.17, 15) is 18.0 Å². The summed E-state index contributed by atoms with van der Waals surface area (Å²) in [5.74, 6) is -1.21. The van der Waals surface area contributed by atoms with Crippen LogP contribution < -0.4 is 0 Å². The van der Waals surface area contributed by atoms with Crippen LogP contribution in [0.2, 0.25) is 0 Å². The zero-order valence-corrected chi connectivity index (χ0v) is 13.5. The van der Waals surface area contributed by atoms with Crippen LogP contribution in [0.25, 0.3) is 6.08 Å². The average Bonchev–Trinajstić information content (AvgIpc) is 2.87. The normalized spacial score (nSPS) is 19.8. The van der Waals surface area contributed by atoms with Gasteiger partial charge in [-0.3, -0.25) is 10.2 Å². The summed E-state index contributed by atoms with van der Waals surface area (Å²) >= 11 is 3.50. The number of carbonyl (C=O) groups is 1. The number of fused-ring (bicyclic) bond motifs is 1. The fourth-order valence-electron chi connectivity index (χ4n) is 1.87. The van der Waals surface area contributed by atoms with Crippen LogP contribution in [0, 0.1) is 5.41 Å². The third-order valence-corrected chi connectivity index (χ3v) is 4.30. The third kappa shape index (κ3) is 3.08. The van der Waals surface area contributed by atoms with Crippen LogP contribution in [0.4, 0.5) is 13.2 Å². The molecule has 0 bridgehead atoms. The van der Waals surface area contributed by atoms with E-state index >= 15 is 0 Å². The molecule has 1 aromatic rings. The summed E-state index contributed by atoms with van der Waals surface area (Å²) in [6.45, 7) is 0. The fourth-order valence-corrected chi connectivity index (χ4v) is 3.04. The van der Waals surface area contributed by atoms with E-state index in [1.165, 1.54) is 6.08 Å². The van der Waals surface area contributed by atoms with Crippen LogP contribution in [-0.4, -0.2) is 33.1 Å². The molecule has 2 aliphatic rings. The molecule has 2 heterocycles. The van der Waals surface area contributed by atoms with Gasteiger partial charge >= 0.3 is 6.18 Å². The van der Waals surface area contributed by atoms with Gasteiger partial charge in [0.1, 0.15) is 0 Å². The number of amides is 1. The van der Waals surface area contributed by atoms with Gasteiger partial charge in [0.15, 0.2) is 5.84 Å². The monoisotopic (exact) mass is 402 g/mol. The molecule has 0 radical (unpaired) electrons. The van der Waals surface area contributed by atoms with Crippen molar-refractivity contribution in [2.24, 2.45) is 10.1 Å². The summed E-state index contributed by atoms with van der Waals surface area (Å²) in [6.07, 6.45) is -3.26. The third-order valence-electron chi connectivity index (χ3n) is 2.86. The highest BCUT2D eigenvalue weighted by molar-refractivity contribution is 9.10. The number of hydrogen-bond acceptors (Lipinski definition) is 4. The minimum absolute atomic E-state index is 0.125. The van der Waals surface area contributed by atoms with Crippen LogP contribution in [-0.2, 0) is 4.79 Å². The highest BCUT2D eigenvalue weighted by atomic mass is 79.9. The lowest BCUT2D eigenvalue weighted by molar-refractivity contribution is -0.114. The Labute approximate surface area is 140 Å². The summed E-state index contributed by atoms with van der Waals surface area (Å²) in [5, 5.41) is 10.6. The Bertz CT molecular complexity index is 816. The number of nitrogens with one attached hydrogen (secondary N) is 1.